The van der Waals surface area contributed by atoms with E-state index in [1.807, 2.05) is 31.2 Å². The summed E-state index contributed by atoms with van der Waals surface area (Å²) < 4.78 is 39.1. The number of hydrogen-bond acceptors (Lipinski definition) is 10. The first kappa shape index (κ1) is 34.1. The van der Waals surface area contributed by atoms with E-state index >= 15 is 0 Å². The number of nitrogens with one attached hydrogen (secondary N) is 1. The fraction of sp³-hybridized carbons (Fsp3) is 0.556. The monoisotopic (exact) mass is 706 g/mol. The van der Waals surface area contributed by atoms with Crippen molar-refractivity contribution in [3.8, 4) is 5.88 Å². The van der Waals surface area contributed by atoms with Crippen LogP contribution in [0.3, 0.4) is 0 Å². The van der Waals surface area contributed by atoms with Gasteiger partial charge < -0.3 is 19.3 Å². The van der Waals surface area contributed by atoms with Gasteiger partial charge in [-0.05, 0) is 56.0 Å². The van der Waals surface area contributed by atoms with Crippen LogP contribution in [-0.4, -0.2) is 95.3 Å². The number of aromatic nitrogens is 1. The average molecular weight is 707 g/mol. The third kappa shape index (κ3) is 6.38. The molecular weight excluding hydrogens is 664 g/mol. The Morgan fingerprint density at radius 1 is 1.16 bits per heavy atom. The summed E-state index contributed by atoms with van der Waals surface area (Å²) in [6.07, 6.45) is 4.22. The van der Waals surface area contributed by atoms with Crippen LogP contribution >= 0.6 is 0 Å². The number of ketones is 1. The van der Waals surface area contributed by atoms with E-state index in [-0.39, 0.29) is 68.3 Å². The first-order valence-corrected chi connectivity index (χ1v) is 18.9. The maximum atomic E-state index is 14.2. The lowest BCUT2D eigenvalue weighted by molar-refractivity contribution is -0.157. The summed E-state index contributed by atoms with van der Waals surface area (Å²) in [7, 11) is -3.83. The van der Waals surface area contributed by atoms with Gasteiger partial charge in [0, 0.05) is 43.2 Å². The van der Waals surface area contributed by atoms with E-state index in [0.717, 1.165) is 16.3 Å². The number of esters is 1. The molecule has 0 radical (unpaired) electrons. The molecule has 13 nitrogen and oxygen atoms in total. The van der Waals surface area contributed by atoms with Gasteiger partial charge >= 0.3 is 5.97 Å². The van der Waals surface area contributed by atoms with Crippen LogP contribution in [0.15, 0.2) is 43.1 Å². The molecule has 2 aromatic rings. The SMILES string of the molecule is C=C[C@@H]1C[C@]1(CC(=O)C1CC(Oc2nccc3cc(C)ccc23)CN1C(=O)[C@@H](C)CCC(=O)N1C[C@H]2C[C@H]1C(=O)O2)C(=O)NS(=O)(=O)C1CC1. The molecule has 5 fully saturated rings. The summed E-state index contributed by atoms with van der Waals surface area (Å²) in [6.45, 7) is 7.92. The number of allylic oxidation sites excluding steroid dienone is 1. The number of benzene rings is 1. The van der Waals surface area contributed by atoms with E-state index in [4.69, 9.17) is 9.47 Å². The van der Waals surface area contributed by atoms with Crippen molar-refractivity contribution in [3.63, 3.8) is 0 Å². The number of Topliss-reactive ketones (excluding diaryl/α,β-unsaturated/α-hetero) is 1. The smallest absolute Gasteiger partial charge is 0.329 e. The van der Waals surface area contributed by atoms with Crippen molar-refractivity contribution in [1.82, 2.24) is 19.5 Å². The first-order valence-electron chi connectivity index (χ1n) is 17.3. The molecule has 3 amide bonds. The normalized spacial score (nSPS) is 29.1. The van der Waals surface area contributed by atoms with Gasteiger partial charge in [0.2, 0.25) is 33.6 Å². The van der Waals surface area contributed by atoms with E-state index in [2.05, 4.69) is 16.3 Å². The highest BCUT2D eigenvalue weighted by Gasteiger charge is 2.61. The van der Waals surface area contributed by atoms with E-state index < -0.39 is 56.7 Å². The molecule has 1 aromatic carbocycles. The Morgan fingerprint density at radius 2 is 1.94 bits per heavy atom. The molecule has 266 valence electrons. The Balaban J connectivity index is 1.08. The molecule has 50 heavy (non-hydrogen) atoms. The summed E-state index contributed by atoms with van der Waals surface area (Å²) in [6, 6.07) is 6.24. The molecule has 2 bridgehead atoms. The van der Waals surface area contributed by atoms with E-state index in [1.54, 1.807) is 19.2 Å². The number of carbonyl (C=O) groups excluding carboxylic acids is 5. The first-order chi connectivity index (χ1) is 23.8. The highest BCUT2D eigenvalue weighted by molar-refractivity contribution is 7.90. The van der Waals surface area contributed by atoms with Gasteiger partial charge in [0.25, 0.3) is 0 Å². The Bertz CT molecular complexity index is 1890. The summed E-state index contributed by atoms with van der Waals surface area (Å²) in [5.74, 6) is -2.69. The van der Waals surface area contributed by atoms with Crippen LogP contribution in [0.5, 0.6) is 5.88 Å². The second-order valence-electron chi connectivity index (χ2n) is 14.6. The number of aryl methyl sites for hydroxylation is 1. The summed E-state index contributed by atoms with van der Waals surface area (Å²) in [5, 5.41) is 1.12. The molecule has 7 atom stereocenters. The molecule has 4 heterocycles. The fourth-order valence-corrected chi connectivity index (χ4v) is 9.16. The van der Waals surface area contributed by atoms with Crippen molar-refractivity contribution in [2.75, 3.05) is 13.1 Å². The molecule has 7 rings (SSSR count). The van der Waals surface area contributed by atoms with Crippen LogP contribution in [0.25, 0.3) is 10.8 Å². The van der Waals surface area contributed by atoms with Crippen LogP contribution in [0.2, 0.25) is 0 Å². The molecular formula is C36H42N4O9S. The van der Waals surface area contributed by atoms with Crippen LogP contribution < -0.4 is 9.46 Å². The highest BCUT2D eigenvalue weighted by atomic mass is 32.2. The summed E-state index contributed by atoms with van der Waals surface area (Å²) >= 11 is 0. The van der Waals surface area contributed by atoms with Crippen molar-refractivity contribution in [1.29, 1.82) is 0 Å². The van der Waals surface area contributed by atoms with Crippen molar-refractivity contribution < 1.29 is 41.9 Å². The number of amides is 3. The predicted octanol–water partition coefficient (Wildman–Crippen LogP) is 2.59. The second kappa shape index (κ2) is 12.8. The lowest BCUT2D eigenvalue weighted by Crippen LogP contribution is -2.46. The van der Waals surface area contributed by atoms with Crippen molar-refractivity contribution in [2.45, 2.75) is 94.8 Å². The van der Waals surface area contributed by atoms with Gasteiger partial charge in [-0.15, -0.1) is 6.58 Å². The standard InChI is InChI=1S/C36H42N4O9S/c1-4-23-16-36(23,35(45)38-50(46,47)26-7-8-26)17-30(41)28-14-24(48-32-27-9-5-20(2)13-22(27)11-12-37-32)19-40(28)33(43)21(3)6-10-31(42)39-18-25-15-29(39)34(44)49-25/h4-5,9,11-13,21,23-26,28-29H,1,6-8,10,14-19H2,2-3H3,(H,38,45)/t21-,23+,24?,25+,28?,29-,36+/m0/s1. The zero-order valence-electron chi connectivity index (χ0n) is 28.2. The molecule has 0 spiro atoms. The molecule has 3 aliphatic heterocycles. The van der Waals surface area contributed by atoms with Gasteiger partial charge in [0.15, 0.2) is 5.78 Å². The van der Waals surface area contributed by atoms with Gasteiger partial charge in [-0.25, -0.2) is 18.2 Å². The maximum Gasteiger partial charge on any atom is 0.329 e. The Kier molecular flexibility index (Phi) is 8.72. The predicted molar refractivity (Wildman–Crippen MR) is 180 cm³/mol. The summed E-state index contributed by atoms with van der Waals surface area (Å²) in [4.78, 5) is 74.2. The molecule has 3 saturated heterocycles. The highest BCUT2D eigenvalue weighted by Crippen LogP contribution is 2.57. The number of ether oxygens (including phenoxy) is 2. The third-order valence-electron chi connectivity index (χ3n) is 11.0. The minimum Gasteiger partial charge on any atom is -0.472 e. The lowest BCUT2D eigenvalue weighted by atomic mass is 9.91. The van der Waals surface area contributed by atoms with E-state index in [9.17, 15) is 32.4 Å². The number of nitrogens with zero attached hydrogens (tertiary/aromatic N) is 3. The molecule has 1 aromatic heterocycles. The number of hydrogen-bond donors (Lipinski definition) is 1. The van der Waals surface area contributed by atoms with E-state index in [1.165, 1.54) is 9.80 Å². The van der Waals surface area contributed by atoms with Crippen molar-refractivity contribution >= 4 is 50.3 Å². The molecule has 5 aliphatic rings. The Morgan fingerprint density at radius 3 is 2.62 bits per heavy atom. The number of likely N-dealkylation sites (tertiary alicyclic amines) is 2. The lowest BCUT2D eigenvalue weighted by Gasteiger charge is -2.28. The van der Waals surface area contributed by atoms with E-state index in [0.29, 0.717) is 31.7 Å². The number of fused-ring (bicyclic) bond motifs is 3. The quantitative estimate of drug-likeness (QED) is 0.241. The molecule has 1 N–H and O–H groups in total. The third-order valence-corrected chi connectivity index (χ3v) is 12.8. The minimum absolute atomic E-state index is 0.0505. The largest absolute Gasteiger partial charge is 0.472 e. The van der Waals surface area contributed by atoms with Gasteiger partial charge in [0.05, 0.1) is 29.8 Å². The zero-order chi connectivity index (χ0) is 35.5. The zero-order valence-corrected chi connectivity index (χ0v) is 29.0. The van der Waals surface area contributed by atoms with Gasteiger partial charge in [-0.3, -0.25) is 23.9 Å². The number of morpholine rings is 1. The number of rotatable bonds is 13. The van der Waals surface area contributed by atoms with Gasteiger partial charge in [0.1, 0.15) is 18.2 Å². The molecule has 2 saturated carbocycles. The average Bonchev–Trinajstić information content (AvgIpc) is 3.94. The van der Waals surface area contributed by atoms with Crippen LogP contribution in [-0.2, 0) is 38.7 Å². The van der Waals surface area contributed by atoms with Gasteiger partial charge in [-0.1, -0.05) is 30.7 Å². The number of pyridine rings is 1. The Labute approximate surface area is 290 Å². The molecule has 14 heteroatoms. The van der Waals surface area contributed by atoms with Crippen molar-refractivity contribution in [2.24, 2.45) is 17.3 Å². The fourth-order valence-electron chi connectivity index (χ4n) is 7.78. The summed E-state index contributed by atoms with van der Waals surface area (Å²) in [5.41, 5.74) is -0.193. The van der Waals surface area contributed by atoms with Crippen LogP contribution in [0.4, 0.5) is 0 Å². The van der Waals surface area contributed by atoms with Gasteiger partial charge in [-0.2, -0.15) is 0 Å². The number of carbonyl (C=O) groups is 5. The van der Waals surface area contributed by atoms with Crippen LogP contribution in [0.1, 0.15) is 63.9 Å². The minimum atomic E-state index is -3.83. The maximum absolute atomic E-state index is 14.2. The Hall–Kier alpha value is -4.33. The second-order valence-corrected chi connectivity index (χ2v) is 16.6. The van der Waals surface area contributed by atoms with Crippen molar-refractivity contribution in [3.05, 3.63) is 48.7 Å². The molecule has 2 unspecified atom stereocenters. The molecule has 2 aliphatic carbocycles. The number of sulfonamides is 1. The topological polar surface area (TPSA) is 169 Å². The van der Waals surface area contributed by atoms with Crippen LogP contribution in [0, 0.1) is 24.2 Å².